The van der Waals surface area contributed by atoms with Crippen LogP contribution in [-0.4, -0.2) is 32.7 Å². The molecule has 1 aromatic heterocycles. The van der Waals surface area contributed by atoms with Gasteiger partial charge in [-0.05, 0) is 105 Å². The normalized spacial score (nSPS) is 16.7. The van der Waals surface area contributed by atoms with Crippen molar-refractivity contribution in [3.63, 3.8) is 0 Å². The zero-order chi connectivity index (χ0) is 37.5. The molecule has 8 heteroatoms. The molecule has 1 aliphatic heterocycles. The number of thiophene rings is 1. The van der Waals surface area contributed by atoms with Gasteiger partial charge < -0.3 is 10.0 Å². The molecule has 0 saturated carbocycles. The molecule has 5 aromatic carbocycles. The molecule has 6 aromatic rings. The van der Waals surface area contributed by atoms with Gasteiger partial charge in [0.1, 0.15) is 10.9 Å². The molecule has 0 atom stereocenters. The first-order valence-electron chi connectivity index (χ1n) is 17.9. The van der Waals surface area contributed by atoms with E-state index in [1.165, 1.54) is 44.5 Å². The van der Waals surface area contributed by atoms with E-state index in [0.717, 1.165) is 49.0 Å². The first-order chi connectivity index (χ1) is 25.9. The van der Waals surface area contributed by atoms with E-state index in [-0.39, 0.29) is 21.1 Å². The van der Waals surface area contributed by atoms with E-state index in [9.17, 15) is 14.7 Å². The molecular formula is C46H36N2O3S3. The Balaban J connectivity index is 1.10. The fourth-order valence-electron chi connectivity index (χ4n) is 8.37. The molecule has 266 valence electrons. The summed E-state index contributed by atoms with van der Waals surface area (Å²) in [7, 11) is 0. The fourth-order valence-corrected chi connectivity index (χ4v) is 10.6. The van der Waals surface area contributed by atoms with Gasteiger partial charge in [-0.2, -0.15) is 0 Å². The lowest BCUT2D eigenvalue weighted by Gasteiger charge is -2.30. The van der Waals surface area contributed by atoms with E-state index in [1.54, 1.807) is 17.4 Å². The number of hydrogen-bond acceptors (Lipinski definition) is 6. The Morgan fingerprint density at radius 1 is 0.704 bits per heavy atom. The third-order valence-corrected chi connectivity index (χ3v) is 13.6. The molecule has 2 aliphatic carbocycles. The van der Waals surface area contributed by atoms with E-state index in [0.29, 0.717) is 4.91 Å². The third kappa shape index (κ3) is 5.46. The Labute approximate surface area is 328 Å². The lowest BCUT2D eigenvalue weighted by atomic mass is 9.82. The zero-order valence-corrected chi connectivity index (χ0v) is 32.7. The summed E-state index contributed by atoms with van der Waals surface area (Å²) >= 11 is 8.00. The van der Waals surface area contributed by atoms with Crippen LogP contribution in [0.3, 0.4) is 0 Å². The molecule has 0 bridgehead atoms. The maximum absolute atomic E-state index is 12.9. The molecule has 0 radical (unpaired) electrons. The lowest BCUT2D eigenvalue weighted by molar-refractivity contribution is -0.140. The van der Waals surface area contributed by atoms with Crippen molar-refractivity contribution in [1.82, 2.24) is 4.90 Å². The maximum Gasteiger partial charge on any atom is 0.323 e. The van der Waals surface area contributed by atoms with Crippen LogP contribution in [0, 0.1) is 0 Å². The van der Waals surface area contributed by atoms with Crippen molar-refractivity contribution in [2.45, 2.75) is 38.5 Å². The van der Waals surface area contributed by atoms with Gasteiger partial charge in [0.15, 0.2) is 0 Å². The number of benzene rings is 5. The molecule has 1 fully saturated rings. The van der Waals surface area contributed by atoms with Crippen LogP contribution < -0.4 is 4.90 Å². The SMILES string of the molecule is CC1(C)c2ccccc2-c2ccc(N(c3ccc(-c4ccc(C=C5SC(=S)N(CC(=O)O)C5=O)s4)cc3)c3ccc4c(c3)C(C)(C)c3ccccc3-4)cc21. The standard InChI is InChI=1S/C46H36N2O3S3/c1-45(2)36-11-7-5-9-32(36)34-20-17-29(23-38(34)45)48(30-18-21-35-33-10-6-8-12-37(33)46(3,4)39(35)24-30)28-15-13-27(14-16-28)40-22-19-31(53-40)25-41-43(51)47(26-42(49)50)44(52)54-41/h5-25H,26H2,1-4H3,(H,49,50). The number of fused-ring (bicyclic) bond motifs is 6. The number of anilines is 3. The third-order valence-electron chi connectivity index (χ3n) is 11.1. The molecule has 3 aliphatic rings. The van der Waals surface area contributed by atoms with Gasteiger partial charge >= 0.3 is 5.97 Å². The summed E-state index contributed by atoms with van der Waals surface area (Å²) in [6.45, 7) is 8.85. The number of amides is 1. The number of thiocarbonyl (C=S) groups is 1. The quantitative estimate of drug-likeness (QED) is 0.129. The summed E-state index contributed by atoms with van der Waals surface area (Å²) < 4.78 is 0.263. The summed E-state index contributed by atoms with van der Waals surface area (Å²) in [5.74, 6) is -1.46. The van der Waals surface area contributed by atoms with Crippen molar-refractivity contribution < 1.29 is 14.7 Å². The van der Waals surface area contributed by atoms with Crippen molar-refractivity contribution in [1.29, 1.82) is 0 Å². The number of hydrogen-bond donors (Lipinski definition) is 1. The van der Waals surface area contributed by atoms with E-state index in [4.69, 9.17) is 12.2 Å². The van der Waals surface area contributed by atoms with Crippen LogP contribution in [0.1, 0.15) is 54.8 Å². The van der Waals surface area contributed by atoms with Gasteiger partial charge in [0.2, 0.25) is 0 Å². The van der Waals surface area contributed by atoms with E-state index < -0.39 is 12.5 Å². The van der Waals surface area contributed by atoms with Crippen LogP contribution in [-0.2, 0) is 20.4 Å². The Hall–Kier alpha value is -5.28. The second kappa shape index (κ2) is 12.7. The molecule has 0 unspecified atom stereocenters. The van der Waals surface area contributed by atoms with Gasteiger partial charge in [-0.15, -0.1) is 11.3 Å². The van der Waals surface area contributed by atoms with Gasteiger partial charge in [-0.25, -0.2) is 0 Å². The van der Waals surface area contributed by atoms with Crippen LogP contribution in [0.15, 0.2) is 126 Å². The average Bonchev–Trinajstić information content (AvgIpc) is 3.86. The first kappa shape index (κ1) is 34.5. The van der Waals surface area contributed by atoms with Gasteiger partial charge in [0, 0.05) is 37.6 Å². The topological polar surface area (TPSA) is 60.9 Å². The highest BCUT2D eigenvalue weighted by Crippen LogP contribution is 2.53. The number of carbonyl (C=O) groups excluding carboxylic acids is 1. The number of carboxylic acid groups (broad SMARTS) is 1. The number of thioether (sulfide) groups is 1. The minimum absolute atomic E-state index is 0.133. The molecule has 2 heterocycles. The Bertz CT molecular complexity index is 2490. The Kier molecular flexibility index (Phi) is 8.08. The molecule has 1 saturated heterocycles. The monoisotopic (exact) mass is 760 g/mol. The summed E-state index contributed by atoms with van der Waals surface area (Å²) in [6, 6.07) is 44.1. The molecule has 1 amide bonds. The fraction of sp³-hybridized carbons (Fsp3) is 0.152. The molecule has 54 heavy (non-hydrogen) atoms. The Morgan fingerprint density at radius 2 is 1.22 bits per heavy atom. The van der Waals surface area contributed by atoms with E-state index in [1.807, 2.05) is 6.07 Å². The van der Waals surface area contributed by atoms with Crippen molar-refractivity contribution >= 4 is 74.7 Å². The molecule has 9 rings (SSSR count). The number of nitrogens with zero attached hydrogens (tertiary/aromatic N) is 2. The van der Waals surface area contributed by atoms with Crippen molar-refractivity contribution in [3.05, 3.63) is 153 Å². The van der Waals surface area contributed by atoms with Crippen LogP contribution in [0.4, 0.5) is 17.1 Å². The van der Waals surface area contributed by atoms with Crippen molar-refractivity contribution in [2.24, 2.45) is 0 Å². The predicted molar refractivity (Wildman–Crippen MR) is 227 cm³/mol. The lowest BCUT2D eigenvalue weighted by Crippen LogP contribution is -2.33. The second-order valence-corrected chi connectivity index (χ2v) is 17.8. The summed E-state index contributed by atoms with van der Waals surface area (Å²) in [5, 5.41) is 9.20. The molecule has 0 spiro atoms. The minimum atomic E-state index is -1.09. The molecular weight excluding hydrogens is 725 g/mol. The summed E-state index contributed by atoms with van der Waals surface area (Å²) in [4.78, 5) is 30.0. The van der Waals surface area contributed by atoms with E-state index in [2.05, 4.69) is 148 Å². The predicted octanol–water partition coefficient (Wildman–Crippen LogP) is 11.8. The highest BCUT2D eigenvalue weighted by atomic mass is 32.2. The van der Waals surface area contributed by atoms with Crippen LogP contribution >= 0.6 is 35.3 Å². The highest BCUT2D eigenvalue weighted by molar-refractivity contribution is 8.26. The zero-order valence-electron chi connectivity index (χ0n) is 30.2. The number of carbonyl (C=O) groups is 2. The van der Waals surface area contributed by atoms with Crippen LogP contribution in [0.25, 0.3) is 38.8 Å². The number of rotatable bonds is 7. The largest absolute Gasteiger partial charge is 0.480 e. The van der Waals surface area contributed by atoms with E-state index >= 15 is 0 Å². The second-order valence-electron chi connectivity index (χ2n) is 15.0. The van der Waals surface area contributed by atoms with Crippen molar-refractivity contribution in [3.8, 4) is 32.7 Å². The Morgan fingerprint density at radius 3 is 1.78 bits per heavy atom. The highest BCUT2D eigenvalue weighted by Gasteiger charge is 2.38. The van der Waals surface area contributed by atoms with Crippen LogP contribution in [0.2, 0.25) is 0 Å². The molecule has 1 N–H and O–H groups in total. The van der Waals surface area contributed by atoms with Crippen molar-refractivity contribution in [2.75, 3.05) is 11.4 Å². The van der Waals surface area contributed by atoms with Gasteiger partial charge in [-0.3, -0.25) is 14.5 Å². The van der Waals surface area contributed by atoms with Gasteiger partial charge in [0.25, 0.3) is 5.91 Å². The number of aliphatic carboxylic acids is 1. The van der Waals surface area contributed by atoms with Crippen LogP contribution in [0.5, 0.6) is 0 Å². The first-order valence-corrected chi connectivity index (χ1v) is 19.9. The van der Waals surface area contributed by atoms with Gasteiger partial charge in [-0.1, -0.05) is 124 Å². The molecule has 5 nitrogen and oxygen atoms in total. The van der Waals surface area contributed by atoms with Gasteiger partial charge in [0.05, 0.1) is 4.91 Å². The smallest absolute Gasteiger partial charge is 0.323 e. The summed E-state index contributed by atoms with van der Waals surface area (Å²) in [5.41, 5.74) is 14.6. The average molecular weight is 761 g/mol. The summed E-state index contributed by atoms with van der Waals surface area (Å²) in [6.07, 6.45) is 1.80. The number of carboxylic acids is 1. The minimum Gasteiger partial charge on any atom is -0.480 e. The maximum atomic E-state index is 12.9.